The molecule has 3 heterocycles. The van der Waals surface area contributed by atoms with Gasteiger partial charge >= 0.3 is 0 Å². The highest BCUT2D eigenvalue weighted by Crippen LogP contribution is 2.49. The van der Waals surface area contributed by atoms with E-state index in [9.17, 15) is 0 Å². The number of fused-ring (bicyclic) bond motifs is 3. The summed E-state index contributed by atoms with van der Waals surface area (Å²) in [7, 11) is 1.66. The highest BCUT2D eigenvalue weighted by Gasteiger charge is 2.47. The second-order valence-electron chi connectivity index (χ2n) is 14.5. The van der Waals surface area contributed by atoms with Crippen LogP contribution in [0.1, 0.15) is 95.9 Å². The first-order valence-corrected chi connectivity index (χ1v) is 19.7. The van der Waals surface area contributed by atoms with Gasteiger partial charge in [0.1, 0.15) is 11.7 Å². The molecule has 0 radical (unpaired) electrons. The number of ether oxygens (including phenoxy) is 1. The molecule has 8 heteroatoms. The number of likely N-dealkylation sites (tertiary alicyclic amines) is 1. The average Bonchev–Trinajstić information content (AvgIpc) is 3.88. The molecule has 52 heavy (non-hydrogen) atoms. The van der Waals surface area contributed by atoms with Crippen LogP contribution in [0.3, 0.4) is 0 Å². The van der Waals surface area contributed by atoms with E-state index in [0.717, 1.165) is 93.5 Å². The number of aromatic amines is 1. The Balaban J connectivity index is 1.35. The molecule has 8 nitrogen and oxygen atoms in total. The molecule has 1 saturated heterocycles. The molecule has 3 unspecified atom stereocenters. The van der Waals surface area contributed by atoms with Crippen molar-refractivity contribution < 1.29 is 4.74 Å². The molecule has 0 spiro atoms. The molecule has 5 rings (SSSR count). The fraction of sp³-hybridized carbons (Fsp3) is 0.523. The fourth-order valence-corrected chi connectivity index (χ4v) is 7.87. The summed E-state index contributed by atoms with van der Waals surface area (Å²) in [6.07, 6.45) is 28.8. The highest BCUT2D eigenvalue weighted by molar-refractivity contribution is 5.86. The number of aliphatic imine (C=N–C) groups is 1. The normalized spacial score (nSPS) is 27.8. The van der Waals surface area contributed by atoms with Gasteiger partial charge in [-0.3, -0.25) is 14.8 Å². The summed E-state index contributed by atoms with van der Waals surface area (Å²) in [5.74, 6) is 3.45. The molecule has 3 N–H and O–H groups in total. The van der Waals surface area contributed by atoms with Crippen molar-refractivity contribution in [1.29, 1.82) is 0 Å². The summed E-state index contributed by atoms with van der Waals surface area (Å²) in [6, 6.07) is 0.939. The van der Waals surface area contributed by atoms with Gasteiger partial charge in [-0.25, -0.2) is 4.98 Å². The number of hydrogen-bond acceptors (Lipinski definition) is 7. The largest absolute Gasteiger partial charge is 0.483 e. The minimum atomic E-state index is 0.0961. The Labute approximate surface area is 313 Å². The topological polar surface area (TPSA) is 80.8 Å². The number of imidazole rings is 1. The lowest BCUT2D eigenvalue weighted by Crippen LogP contribution is -2.40. The molecule has 0 aromatic carbocycles. The zero-order valence-corrected chi connectivity index (χ0v) is 32.5. The van der Waals surface area contributed by atoms with Crippen LogP contribution in [0.25, 0.3) is 6.08 Å². The van der Waals surface area contributed by atoms with E-state index >= 15 is 0 Å². The summed E-state index contributed by atoms with van der Waals surface area (Å²) in [5, 5.41) is 6.90. The number of methoxy groups -OCH3 is 1. The number of rotatable bonds is 15. The standard InChI is InChI=1S/C44H63N7O/c1-8-11-12-18-37(29-36-20-16-25-46-42(47-33(5)32(36)4)31-50(10-3)27-9-2)35-17-13-14-21-40-41(22-15-19-35)49-44(48-40)43-38-23-24-39(30-38)51(43)28-26-45-34(6)52-7/h12,14-17,19-21,29,32,38-39,43,45H,5-6,8-11,13,22-28,30-31H2,1-4,7H3,(H,46,47)(H,48,49)/b19-15-,20-16-,21-14-,35-17+,36-29-/t18?,32?,38-,39?,43?/m0/s1. The van der Waals surface area contributed by atoms with E-state index in [0.29, 0.717) is 30.4 Å². The van der Waals surface area contributed by atoms with E-state index in [-0.39, 0.29) is 5.92 Å². The zero-order valence-electron chi connectivity index (χ0n) is 32.5. The lowest BCUT2D eigenvalue weighted by molar-refractivity contribution is 0.132. The van der Waals surface area contributed by atoms with E-state index < -0.39 is 0 Å². The van der Waals surface area contributed by atoms with Gasteiger partial charge in [-0.1, -0.05) is 77.2 Å². The van der Waals surface area contributed by atoms with Crippen molar-refractivity contribution in [2.75, 3.05) is 46.4 Å². The third-order valence-corrected chi connectivity index (χ3v) is 10.8. The summed E-state index contributed by atoms with van der Waals surface area (Å²) < 4.78 is 5.23. The molecule has 1 aromatic rings. The summed E-state index contributed by atoms with van der Waals surface area (Å²) in [5.41, 5.74) is 10.3. The lowest BCUT2D eigenvalue weighted by Gasteiger charge is -2.34. The van der Waals surface area contributed by atoms with Crippen LogP contribution in [-0.2, 0) is 11.2 Å². The number of amidine groups is 1. The Morgan fingerprint density at radius 1 is 1.15 bits per heavy atom. The van der Waals surface area contributed by atoms with Crippen molar-refractivity contribution in [3.8, 4) is 0 Å². The van der Waals surface area contributed by atoms with E-state index in [1.165, 1.54) is 36.1 Å². The third kappa shape index (κ3) is 10.3. The smallest absolute Gasteiger partial charge is 0.178 e. The van der Waals surface area contributed by atoms with Crippen LogP contribution in [0.2, 0.25) is 0 Å². The molecule has 0 amide bonds. The van der Waals surface area contributed by atoms with Crippen LogP contribution in [0.4, 0.5) is 0 Å². The van der Waals surface area contributed by atoms with Gasteiger partial charge < -0.3 is 20.4 Å². The molecular formula is C44H63N7O. The van der Waals surface area contributed by atoms with Gasteiger partial charge in [0.05, 0.1) is 31.9 Å². The maximum atomic E-state index is 5.23. The van der Waals surface area contributed by atoms with Crippen LogP contribution in [0.15, 0.2) is 101 Å². The number of allylic oxidation sites excluding steroid dienone is 9. The number of unbranched alkanes of at least 4 members (excludes halogenated alkanes) is 1. The number of nitrogens with zero attached hydrogens (tertiary/aromatic N) is 4. The van der Waals surface area contributed by atoms with Gasteiger partial charge in [0, 0.05) is 48.4 Å². The molecule has 2 aliphatic carbocycles. The first-order chi connectivity index (χ1) is 25.3. The Bertz CT molecular complexity index is 1650. The number of likely N-dealkylation sites (N-methyl/N-ethyl adjacent to an activating group) is 1. The molecule has 4 aliphatic rings. The molecule has 2 aliphatic heterocycles. The van der Waals surface area contributed by atoms with Crippen LogP contribution >= 0.6 is 0 Å². The van der Waals surface area contributed by atoms with Crippen molar-refractivity contribution in [3.63, 3.8) is 0 Å². The quantitative estimate of drug-likeness (QED) is 0.126. The predicted octanol–water partition coefficient (Wildman–Crippen LogP) is 8.33. The highest BCUT2D eigenvalue weighted by atomic mass is 16.5. The minimum absolute atomic E-state index is 0.0961. The Morgan fingerprint density at radius 2 is 2.02 bits per heavy atom. The number of hydrogen-bond donors (Lipinski definition) is 3. The van der Waals surface area contributed by atoms with Crippen LogP contribution in [-0.4, -0.2) is 78.0 Å². The summed E-state index contributed by atoms with van der Waals surface area (Å²) in [4.78, 5) is 19.0. The number of nitrogens with one attached hydrogen (secondary N) is 3. The van der Waals surface area contributed by atoms with E-state index in [2.05, 4.69) is 127 Å². The third-order valence-electron chi connectivity index (χ3n) is 10.8. The van der Waals surface area contributed by atoms with Crippen molar-refractivity contribution in [2.45, 2.75) is 91.1 Å². The SMILES string of the molecule is C=C(NCCN1C2CC[C@@H](C2)C1c1nc2c([nH]1)C/C=C\C(C(=C=CCCC)/C=C1/C=C\C/N=C(/CN(CC)CCC)NC(=C)C1C)=C/C/C=C\2)OC. The Hall–Kier alpha value is -4.10. The van der Waals surface area contributed by atoms with Crippen molar-refractivity contribution >= 4 is 11.9 Å². The summed E-state index contributed by atoms with van der Waals surface area (Å²) >= 11 is 0. The van der Waals surface area contributed by atoms with Gasteiger partial charge in [-0.05, 0) is 93.5 Å². The lowest BCUT2D eigenvalue weighted by atomic mass is 9.92. The van der Waals surface area contributed by atoms with Crippen molar-refractivity contribution in [1.82, 2.24) is 30.4 Å². The number of aromatic nitrogens is 2. The van der Waals surface area contributed by atoms with Gasteiger partial charge in [0.2, 0.25) is 0 Å². The van der Waals surface area contributed by atoms with E-state index in [1.54, 1.807) is 7.11 Å². The first kappa shape index (κ1) is 39.1. The van der Waals surface area contributed by atoms with Gasteiger partial charge in [-0.15, -0.1) is 5.73 Å². The number of piperidine rings is 1. The fourth-order valence-electron chi connectivity index (χ4n) is 7.87. The van der Waals surface area contributed by atoms with E-state index in [4.69, 9.17) is 14.7 Å². The van der Waals surface area contributed by atoms with Gasteiger partial charge in [-0.2, -0.15) is 0 Å². The van der Waals surface area contributed by atoms with Crippen molar-refractivity contribution in [3.05, 3.63) is 113 Å². The maximum absolute atomic E-state index is 5.23. The van der Waals surface area contributed by atoms with Gasteiger partial charge in [0.25, 0.3) is 0 Å². The second kappa shape index (κ2) is 19.7. The molecule has 1 aromatic heterocycles. The minimum Gasteiger partial charge on any atom is -0.483 e. The second-order valence-corrected chi connectivity index (χ2v) is 14.5. The Morgan fingerprint density at radius 3 is 2.81 bits per heavy atom. The maximum Gasteiger partial charge on any atom is 0.178 e. The summed E-state index contributed by atoms with van der Waals surface area (Å²) in [6.45, 7) is 22.5. The number of H-pyrrole nitrogens is 1. The van der Waals surface area contributed by atoms with Gasteiger partial charge in [0.15, 0.2) is 5.88 Å². The average molecular weight is 706 g/mol. The van der Waals surface area contributed by atoms with Crippen LogP contribution in [0.5, 0.6) is 0 Å². The van der Waals surface area contributed by atoms with Crippen LogP contribution < -0.4 is 10.6 Å². The molecule has 280 valence electrons. The molecule has 2 bridgehead atoms. The zero-order chi connectivity index (χ0) is 36.9. The van der Waals surface area contributed by atoms with Crippen LogP contribution in [0, 0.1) is 11.8 Å². The predicted molar refractivity (Wildman–Crippen MR) is 218 cm³/mol. The Kier molecular flexibility index (Phi) is 14.8. The first-order valence-electron chi connectivity index (χ1n) is 19.7. The van der Waals surface area contributed by atoms with Crippen molar-refractivity contribution in [2.24, 2.45) is 16.8 Å². The molecule has 1 saturated carbocycles. The molecule has 2 fully saturated rings. The van der Waals surface area contributed by atoms with E-state index in [1.807, 2.05) is 0 Å². The monoisotopic (exact) mass is 706 g/mol. The molecule has 4 atom stereocenters. The molecular weight excluding hydrogens is 643 g/mol.